The first-order valence-corrected chi connectivity index (χ1v) is 9.70. The second kappa shape index (κ2) is 6.03. The van der Waals surface area contributed by atoms with E-state index in [9.17, 15) is 0 Å². The van der Waals surface area contributed by atoms with Gasteiger partial charge in [-0.15, -0.1) is 28.2 Å². The maximum atomic E-state index is 6.07. The lowest BCUT2D eigenvalue weighted by atomic mass is 9.93. The largest absolute Gasteiger partial charge is 0.371 e. The Hall–Kier alpha value is -1.18. The Kier molecular flexibility index (Phi) is 4.03. The number of thioether (sulfide) groups is 1. The Bertz CT molecular complexity index is 682. The van der Waals surface area contributed by atoms with Gasteiger partial charge in [0.05, 0.1) is 33.9 Å². The number of aryl methyl sites for hydroxylation is 2. The van der Waals surface area contributed by atoms with Crippen LogP contribution in [0.1, 0.15) is 22.8 Å². The third-order valence-electron chi connectivity index (χ3n) is 4.37. The third kappa shape index (κ3) is 3.22. The van der Waals surface area contributed by atoms with E-state index < -0.39 is 0 Å². The Morgan fingerprint density at radius 1 is 1.30 bits per heavy atom. The van der Waals surface area contributed by atoms with Gasteiger partial charge in [0.1, 0.15) is 0 Å². The van der Waals surface area contributed by atoms with E-state index in [1.165, 1.54) is 0 Å². The first kappa shape index (κ1) is 15.4. The summed E-state index contributed by atoms with van der Waals surface area (Å²) in [7, 11) is 0. The van der Waals surface area contributed by atoms with Gasteiger partial charge in [-0.2, -0.15) is 5.10 Å². The van der Waals surface area contributed by atoms with Crippen molar-refractivity contribution in [3.63, 3.8) is 0 Å². The molecular formula is C16H20N4OS2. The summed E-state index contributed by atoms with van der Waals surface area (Å²) in [6.45, 7) is 6.73. The SMILES string of the molecule is Cc1ccc(N2CC3(CC(OCc4csc(C)n4)CS3)C2)nn1. The van der Waals surface area contributed by atoms with Gasteiger partial charge in [0.15, 0.2) is 5.82 Å². The van der Waals surface area contributed by atoms with Crippen LogP contribution in [0, 0.1) is 13.8 Å². The standard InChI is InChI=1S/C16H20N4OS2/c1-11-3-4-15(19-18-11)20-9-16(10-20)5-14(8-23-16)21-6-13-7-22-12(2)17-13/h3-4,7,14H,5-6,8-10H2,1-2H3. The molecule has 4 heterocycles. The molecule has 0 amide bonds. The molecule has 0 N–H and O–H groups in total. The number of ether oxygens (including phenoxy) is 1. The van der Waals surface area contributed by atoms with Crippen molar-refractivity contribution < 1.29 is 4.74 Å². The number of thiazole rings is 1. The minimum absolute atomic E-state index is 0.341. The minimum Gasteiger partial charge on any atom is -0.371 e. The van der Waals surface area contributed by atoms with Gasteiger partial charge in [-0.1, -0.05) is 0 Å². The van der Waals surface area contributed by atoms with Crippen molar-refractivity contribution in [2.45, 2.75) is 37.7 Å². The van der Waals surface area contributed by atoms with Crippen LogP contribution >= 0.6 is 23.1 Å². The Balaban J connectivity index is 1.28. The monoisotopic (exact) mass is 348 g/mol. The summed E-state index contributed by atoms with van der Waals surface area (Å²) in [5.74, 6) is 2.07. The van der Waals surface area contributed by atoms with Crippen LogP contribution < -0.4 is 4.90 Å². The average Bonchev–Trinajstić information content (AvgIpc) is 3.11. The highest BCUT2D eigenvalue weighted by atomic mass is 32.2. The van der Waals surface area contributed by atoms with E-state index >= 15 is 0 Å². The normalized spacial score (nSPS) is 22.5. The van der Waals surface area contributed by atoms with E-state index in [1.807, 2.05) is 31.7 Å². The predicted octanol–water partition coefficient (Wildman–Crippen LogP) is 2.83. The van der Waals surface area contributed by atoms with Crippen LogP contribution in [0.2, 0.25) is 0 Å². The summed E-state index contributed by atoms with van der Waals surface area (Å²) >= 11 is 3.73. The van der Waals surface area contributed by atoms with E-state index in [0.29, 0.717) is 17.5 Å². The summed E-state index contributed by atoms with van der Waals surface area (Å²) < 4.78 is 6.41. The molecule has 5 nitrogen and oxygen atoms in total. The Morgan fingerprint density at radius 2 is 2.17 bits per heavy atom. The number of anilines is 1. The summed E-state index contributed by atoms with van der Waals surface area (Å²) in [4.78, 5) is 6.78. The molecule has 0 saturated carbocycles. The molecule has 2 aromatic heterocycles. The molecule has 2 fully saturated rings. The molecule has 2 aromatic rings. The number of aromatic nitrogens is 3. The number of nitrogens with zero attached hydrogens (tertiary/aromatic N) is 4. The van der Waals surface area contributed by atoms with Crippen molar-refractivity contribution in [2.24, 2.45) is 0 Å². The minimum atomic E-state index is 0.341. The molecular weight excluding hydrogens is 328 g/mol. The number of hydrogen-bond acceptors (Lipinski definition) is 7. The molecule has 2 aliphatic heterocycles. The van der Waals surface area contributed by atoms with Gasteiger partial charge >= 0.3 is 0 Å². The highest BCUT2D eigenvalue weighted by Crippen LogP contribution is 2.47. The maximum absolute atomic E-state index is 6.07. The van der Waals surface area contributed by atoms with Gasteiger partial charge in [-0.25, -0.2) is 4.98 Å². The van der Waals surface area contributed by atoms with E-state index in [-0.39, 0.29) is 0 Å². The van der Waals surface area contributed by atoms with Crippen LogP contribution in [-0.2, 0) is 11.3 Å². The van der Waals surface area contributed by atoms with Gasteiger partial charge in [0, 0.05) is 24.2 Å². The molecule has 0 bridgehead atoms. The highest BCUT2D eigenvalue weighted by Gasteiger charge is 2.49. The van der Waals surface area contributed by atoms with Crippen LogP contribution in [0.15, 0.2) is 17.5 Å². The van der Waals surface area contributed by atoms with Gasteiger partial charge in [-0.3, -0.25) is 0 Å². The number of hydrogen-bond donors (Lipinski definition) is 0. The quantitative estimate of drug-likeness (QED) is 0.847. The highest BCUT2D eigenvalue weighted by molar-refractivity contribution is 8.01. The first-order valence-electron chi connectivity index (χ1n) is 7.84. The summed E-state index contributed by atoms with van der Waals surface area (Å²) in [6.07, 6.45) is 1.46. The van der Waals surface area contributed by atoms with Gasteiger partial charge < -0.3 is 9.64 Å². The lowest BCUT2D eigenvalue weighted by Crippen LogP contribution is -2.59. The van der Waals surface area contributed by atoms with Crippen LogP contribution in [0.3, 0.4) is 0 Å². The molecule has 1 spiro atoms. The zero-order valence-electron chi connectivity index (χ0n) is 13.4. The van der Waals surface area contributed by atoms with Crippen LogP contribution in [0.4, 0.5) is 5.82 Å². The Labute approximate surface area is 144 Å². The van der Waals surface area contributed by atoms with Crippen molar-refractivity contribution in [3.05, 3.63) is 33.9 Å². The molecule has 2 saturated heterocycles. The van der Waals surface area contributed by atoms with E-state index in [4.69, 9.17) is 4.74 Å². The summed E-state index contributed by atoms with van der Waals surface area (Å²) in [5.41, 5.74) is 2.02. The number of rotatable bonds is 4. The van der Waals surface area contributed by atoms with Crippen LogP contribution in [0.25, 0.3) is 0 Å². The molecule has 1 unspecified atom stereocenters. The maximum Gasteiger partial charge on any atom is 0.151 e. The molecule has 1 atom stereocenters. The zero-order chi connectivity index (χ0) is 15.9. The van der Waals surface area contributed by atoms with E-state index in [0.717, 1.165) is 47.5 Å². The topological polar surface area (TPSA) is 51.1 Å². The molecule has 0 aliphatic carbocycles. The van der Waals surface area contributed by atoms with Crippen molar-refractivity contribution >= 4 is 28.9 Å². The van der Waals surface area contributed by atoms with Crippen LogP contribution in [-0.4, -0.2) is 44.9 Å². The van der Waals surface area contributed by atoms with Gasteiger partial charge in [0.25, 0.3) is 0 Å². The molecule has 0 aromatic carbocycles. The van der Waals surface area contributed by atoms with Crippen molar-refractivity contribution in [1.82, 2.24) is 15.2 Å². The third-order valence-corrected chi connectivity index (χ3v) is 6.77. The second-order valence-corrected chi connectivity index (χ2v) is 8.93. The van der Waals surface area contributed by atoms with Gasteiger partial charge in [-0.05, 0) is 32.4 Å². The fraction of sp³-hybridized carbons (Fsp3) is 0.562. The van der Waals surface area contributed by atoms with E-state index in [2.05, 4.69) is 31.5 Å². The fourth-order valence-electron chi connectivity index (χ4n) is 3.18. The smallest absolute Gasteiger partial charge is 0.151 e. The molecule has 4 rings (SSSR count). The fourth-order valence-corrected chi connectivity index (χ4v) is 5.33. The van der Waals surface area contributed by atoms with E-state index in [1.54, 1.807) is 11.3 Å². The lowest BCUT2D eigenvalue weighted by molar-refractivity contribution is 0.0461. The Morgan fingerprint density at radius 3 is 2.87 bits per heavy atom. The predicted molar refractivity (Wildman–Crippen MR) is 94.2 cm³/mol. The van der Waals surface area contributed by atoms with Crippen molar-refractivity contribution in [3.8, 4) is 0 Å². The van der Waals surface area contributed by atoms with Crippen LogP contribution in [0.5, 0.6) is 0 Å². The molecule has 2 aliphatic rings. The molecule has 23 heavy (non-hydrogen) atoms. The van der Waals surface area contributed by atoms with Crippen molar-refractivity contribution in [2.75, 3.05) is 23.7 Å². The molecule has 7 heteroatoms. The van der Waals surface area contributed by atoms with Crippen molar-refractivity contribution in [1.29, 1.82) is 0 Å². The summed E-state index contributed by atoms with van der Waals surface area (Å²) in [6, 6.07) is 4.09. The second-order valence-electron chi connectivity index (χ2n) is 6.38. The first-order chi connectivity index (χ1) is 11.1. The average molecular weight is 348 g/mol. The molecule has 0 radical (unpaired) electrons. The summed E-state index contributed by atoms with van der Waals surface area (Å²) in [5, 5.41) is 11.6. The lowest BCUT2D eigenvalue weighted by Gasteiger charge is -2.48. The zero-order valence-corrected chi connectivity index (χ0v) is 15.0. The molecule has 122 valence electrons. The van der Waals surface area contributed by atoms with Gasteiger partial charge in [0.2, 0.25) is 0 Å².